The Balaban J connectivity index is 1.55. The molecule has 3 nitrogen and oxygen atoms in total. The highest BCUT2D eigenvalue weighted by Crippen LogP contribution is 2.45. The first-order chi connectivity index (χ1) is 9.81. The van der Waals surface area contributed by atoms with Crippen molar-refractivity contribution in [3.8, 4) is 0 Å². The molecule has 2 atom stereocenters. The molecule has 3 heteroatoms. The zero-order chi connectivity index (χ0) is 13.8. The predicted octanol–water partition coefficient (Wildman–Crippen LogP) is 2.95. The maximum atomic E-state index is 6.05. The summed E-state index contributed by atoms with van der Waals surface area (Å²) in [6.07, 6.45) is 12.5. The largest absolute Gasteiger partial charge is 0.375 e. The van der Waals surface area contributed by atoms with Crippen LogP contribution in [0.4, 0.5) is 0 Å². The van der Waals surface area contributed by atoms with Gasteiger partial charge in [-0.05, 0) is 75.6 Å². The van der Waals surface area contributed by atoms with Gasteiger partial charge < -0.3 is 10.1 Å². The molecule has 1 aliphatic heterocycles. The van der Waals surface area contributed by atoms with E-state index in [1.165, 1.54) is 44.1 Å². The van der Waals surface area contributed by atoms with Gasteiger partial charge in [0.05, 0.1) is 5.60 Å². The van der Waals surface area contributed by atoms with Gasteiger partial charge in [0.2, 0.25) is 0 Å². The second kappa shape index (κ2) is 6.23. The highest BCUT2D eigenvalue weighted by Gasteiger charge is 2.43. The monoisotopic (exact) mass is 274 g/mol. The first-order valence-electron chi connectivity index (χ1n) is 8.01. The van der Waals surface area contributed by atoms with Crippen LogP contribution < -0.4 is 5.32 Å². The van der Waals surface area contributed by atoms with Gasteiger partial charge in [0.25, 0.3) is 0 Å². The van der Waals surface area contributed by atoms with Crippen LogP contribution in [0.5, 0.6) is 0 Å². The summed E-state index contributed by atoms with van der Waals surface area (Å²) in [6, 6.07) is 4.87. The van der Waals surface area contributed by atoms with Gasteiger partial charge >= 0.3 is 0 Å². The number of nitrogens with one attached hydrogen (secondary N) is 1. The first-order valence-corrected chi connectivity index (χ1v) is 8.01. The van der Waals surface area contributed by atoms with Crippen LogP contribution in [-0.2, 0) is 11.2 Å². The van der Waals surface area contributed by atoms with Crippen LogP contribution in [-0.4, -0.2) is 30.3 Å². The highest BCUT2D eigenvalue weighted by molar-refractivity contribution is 5.10. The molecule has 1 N–H and O–H groups in total. The van der Waals surface area contributed by atoms with Crippen molar-refractivity contribution in [1.29, 1.82) is 0 Å². The fraction of sp³-hybridized carbons (Fsp3) is 0.706. The van der Waals surface area contributed by atoms with Crippen molar-refractivity contribution in [1.82, 2.24) is 10.3 Å². The van der Waals surface area contributed by atoms with E-state index in [1.807, 2.05) is 12.4 Å². The number of nitrogens with zero attached hydrogens (tertiary/aromatic N) is 1. The first kappa shape index (κ1) is 14.0. The van der Waals surface area contributed by atoms with Crippen LogP contribution in [0.2, 0.25) is 0 Å². The van der Waals surface area contributed by atoms with E-state index in [1.54, 1.807) is 0 Å². The Labute approximate surface area is 122 Å². The van der Waals surface area contributed by atoms with Crippen molar-refractivity contribution in [2.24, 2.45) is 5.92 Å². The van der Waals surface area contributed by atoms with E-state index in [0.29, 0.717) is 6.04 Å². The molecule has 1 aromatic rings. The van der Waals surface area contributed by atoms with E-state index in [9.17, 15) is 0 Å². The molecular weight excluding hydrogens is 248 g/mol. The lowest BCUT2D eigenvalue weighted by molar-refractivity contribution is -0.147. The predicted molar refractivity (Wildman–Crippen MR) is 80.7 cm³/mol. The summed E-state index contributed by atoms with van der Waals surface area (Å²) in [5.41, 5.74) is 1.65. The van der Waals surface area contributed by atoms with Gasteiger partial charge in [-0.1, -0.05) is 0 Å². The van der Waals surface area contributed by atoms with E-state index in [2.05, 4.69) is 29.5 Å². The van der Waals surface area contributed by atoms with E-state index in [0.717, 1.165) is 18.9 Å². The molecule has 0 amide bonds. The third-order valence-corrected chi connectivity index (χ3v) is 5.23. The summed E-state index contributed by atoms with van der Waals surface area (Å²) in [5, 5.41) is 3.56. The fourth-order valence-corrected chi connectivity index (χ4v) is 3.82. The lowest BCUT2D eigenvalue weighted by atomic mass is 9.70. The zero-order valence-electron chi connectivity index (χ0n) is 12.5. The molecule has 2 heterocycles. The number of hydrogen-bond donors (Lipinski definition) is 1. The third kappa shape index (κ3) is 3.04. The summed E-state index contributed by atoms with van der Waals surface area (Å²) in [6.45, 7) is 0.956. The number of ether oxygens (including phenoxy) is 1. The molecule has 0 bridgehead atoms. The molecule has 0 aromatic carbocycles. The molecule has 2 unspecified atom stereocenters. The molecular formula is C17H26N2O. The number of rotatable bonds is 5. The molecule has 1 saturated heterocycles. The average Bonchev–Trinajstić information content (AvgIpc) is 2.48. The minimum Gasteiger partial charge on any atom is -0.375 e. The molecule has 2 aliphatic rings. The van der Waals surface area contributed by atoms with Crippen molar-refractivity contribution >= 4 is 0 Å². The Hall–Kier alpha value is -0.930. The molecule has 0 radical (unpaired) electrons. The number of hydrogen-bond acceptors (Lipinski definition) is 3. The van der Waals surface area contributed by atoms with Gasteiger partial charge in [-0.25, -0.2) is 0 Å². The van der Waals surface area contributed by atoms with Crippen LogP contribution in [0, 0.1) is 5.92 Å². The molecule has 1 aromatic heterocycles. The Morgan fingerprint density at radius 1 is 1.40 bits per heavy atom. The Kier molecular flexibility index (Phi) is 4.37. The minimum absolute atomic E-state index is 0.259. The Morgan fingerprint density at radius 3 is 2.85 bits per heavy atom. The standard InChI is InChI=1S/C17H26N2O/c1-18-16(4-3-14-5-10-19-11-6-14)15-7-12-20-17(13-15)8-2-9-17/h5-6,10-11,15-16,18H,2-4,7-9,12-13H2,1H3. The van der Waals surface area contributed by atoms with Crippen molar-refractivity contribution in [3.63, 3.8) is 0 Å². The van der Waals surface area contributed by atoms with E-state index >= 15 is 0 Å². The SMILES string of the molecule is CNC(CCc1ccncc1)C1CCOC2(CCC2)C1. The molecule has 2 fully saturated rings. The number of aryl methyl sites for hydroxylation is 1. The molecule has 110 valence electrons. The van der Waals surface area contributed by atoms with Gasteiger partial charge in [0.15, 0.2) is 0 Å². The molecule has 3 rings (SSSR count). The van der Waals surface area contributed by atoms with E-state index < -0.39 is 0 Å². The van der Waals surface area contributed by atoms with Crippen LogP contribution in [0.15, 0.2) is 24.5 Å². The third-order valence-electron chi connectivity index (χ3n) is 5.23. The molecule has 1 spiro atoms. The van der Waals surface area contributed by atoms with Gasteiger partial charge in [0, 0.05) is 25.0 Å². The normalized spacial score (nSPS) is 26.1. The lowest BCUT2D eigenvalue weighted by Gasteiger charge is -2.48. The van der Waals surface area contributed by atoms with Crippen LogP contribution in [0.1, 0.15) is 44.1 Å². The Morgan fingerprint density at radius 2 is 2.20 bits per heavy atom. The zero-order valence-corrected chi connectivity index (χ0v) is 12.5. The van der Waals surface area contributed by atoms with Crippen LogP contribution in [0.25, 0.3) is 0 Å². The molecule has 1 aliphatic carbocycles. The highest BCUT2D eigenvalue weighted by atomic mass is 16.5. The van der Waals surface area contributed by atoms with Crippen molar-refractivity contribution in [2.75, 3.05) is 13.7 Å². The van der Waals surface area contributed by atoms with Crippen molar-refractivity contribution in [3.05, 3.63) is 30.1 Å². The summed E-state index contributed by atoms with van der Waals surface area (Å²) in [5.74, 6) is 0.774. The summed E-state index contributed by atoms with van der Waals surface area (Å²) in [7, 11) is 2.11. The lowest BCUT2D eigenvalue weighted by Crippen LogP contribution is -2.49. The maximum absolute atomic E-state index is 6.05. The van der Waals surface area contributed by atoms with Crippen LogP contribution in [0.3, 0.4) is 0 Å². The van der Waals surface area contributed by atoms with Crippen LogP contribution >= 0.6 is 0 Å². The minimum atomic E-state index is 0.259. The quantitative estimate of drug-likeness (QED) is 0.896. The van der Waals surface area contributed by atoms with Crippen molar-refractivity contribution < 1.29 is 4.74 Å². The molecule has 20 heavy (non-hydrogen) atoms. The summed E-state index contributed by atoms with van der Waals surface area (Å²) in [4.78, 5) is 4.09. The number of aromatic nitrogens is 1. The molecule has 1 saturated carbocycles. The second-order valence-electron chi connectivity index (χ2n) is 6.43. The second-order valence-corrected chi connectivity index (χ2v) is 6.43. The summed E-state index contributed by atoms with van der Waals surface area (Å²) < 4.78 is 6.05. The smallest absolute Gasteiger partial charge is 0.0685 e. The maximum Gasteiger partial charge on any atom is 0.0685 e. The van der Waals surface area contributed by atoms with Gasteiger partial charge in [-0.2, -0.15) is 0 Å². The fourth-order valence-electron chi connectivity index (χ4n) is 3.82. The van der Waals surface area contributed by atoms with Gasteiger partial charge in [-0.15, -0.1) is 0 Å². The summed E-state index contributed by atoms with van der Waals surface area (Å²) >= 11 is 0. The average molecular weight is 274 g/mol. The Bertz CT molecular complexity index is 416. The van der Waals surface area contributed by atoms with Gasteiger partial charge in [0.1, 0.15) is 0 Å². The van der Waals surface area contributed by atoms with Crippen molar-refractivity contribution in [2.45, 2.75) is 56.6 Å². The van der Waals surface area contributed by atoms with E-state index in [-0.39, 0.29) is 5.60 Å². The van der Waals surface area contributed by atoms with Gasteiger partial charge in [-0.3, -0.25) is 4.98 Å². The topological polar surface area (TPSA) is 34.2 Å². The number of pyridine rings is 1. The van der Waals surface area contributed by atoms with E-state index in [4.69, 9.17) is 4.74 Å².